The lowest BCUT2D eigenvalue weighted by Crippen LogP contribution is -2.38. The number of piperidine rings is 1. The fourth-order valence-corrected chi connectivity index (χ4v) is 4.52. The molecule has 3 heterocycles. The molecule has 1 aliphatic rings. The largest absolute Gasteiger partial charge is 0.496 e. The van der Waals surface area contributed by atoms with Gasteiger partial charge in [-0.1, -0.05) is 12.1 Å². The Bertz CT molecular complexity index is 1120. The van der Waals surface area contributed by atoms with E-state index in [4.69, 9.17) is 9.72 Å². The van der Waals surface area contributed by atoms with Gasteiger partial charge in [0.2, 0.25) is 5.91 Å². The lowest BCUT2D eigenvalue weighted by atomic mass is 9.92. The molecule has 0 radical (unpaired) electrons. The highest BCUT2D eigenvalue weighted by molar-refractivity contribution is 5.76. The average molecular weight is 450 g/mol. The number of aromatic nitrogens is 3. The highest BCUT2D eigenvalue weighted by Gasteiger charge is 2.29. The first-order valence-electron chi connectivity index (χ1n) is 11.8. The van der Waals surface area contributed by atoms with Gasteiger partial charge in [-0.2, -0.15) is 0 Å². The number of methoxy groups -OCH3 is 1. The number of imidazole rings is 1. The van der Waals surface area contributed by atoms with Crippen LogP contribution in [0.2, 0.25) is 0 Å². The number of carbonyl (C=O) groups excluding carboxylic acids is 1. The maximum Gasteiger partial charge on any atom is 0.222 e. The van der Waals surface area contributed by atoms with Crippen molar-refractivity contribution in [3.8, 4) is 5.75 Å². The molecule has 4 rings (SSSR count). The number of amides is 1. The third-order valence-corrected chi connectivity index (χ3v) is 6.28. The van der Waals surface area contributed by atoms with Crippen molar-refractivity contribution in [1.29, 1.82) is 0 Å². The van der Waals surface area contributed by atoms with Crippen molar-refractivity contribution in [1.82, 2.24) is 19.3 Å². The van der Waals surface area contributed by atoms with Gasteiger partial charge >= 0.3 is 0 Å². The summed E-state index contributed by atoms with van der Waals surface area (Å²) in [7, 11) is 1.68. The van der Waals surface area contributed by atoms with Crippen LogP contribution < -0.4 is 10.1 Å². The van der Waals surface area contributed by atoms with Gasteiger partial charge < -0.3 is 15.0 Å². The molecule has 7 heteroatoms. The molecule has 1 aromatic carbocycles. The number of aryl methyl sites for hydroxylation is 2. The second-order valence-electron chi connectivity index (χ2n) is 9.98. The van der Waals surface area contributed by atoms with Crippen molar-refractivity contribution in [2.24, 2.45) is 0 Å². The van der Waals surface area contributed by atoms with Crippen LogP contribution in [0.25, 0.3) is 5.65 Å². The summed E-state index contributed by atoms with van der Waals surface area (Å²) in [4.78, 5) is 24.0. The first-order valence-corrected chi connectivity index (χ1v) is 11.8. The van der Waals surface area contributed by atoms with E-state index < -0.39 is 0 Å². The van der Waals surface area contributed by atoms with E-state index in [1.807, 2.05) is 24.1 Å². The van der Waals surface area contributed by atoms with Gasteiger partial charge in [-0.3, -0.25) is 14.2 Å². The predicted molar refractivity (Wildman–Crippen MR) is 131 cm³/mol. The zero-order valence-electron chi connectivity index (χ0n) is 20.4. The van der Waals surface area contributed by atoms with Gasteiger partial charge in [0.15, 0.2) is 5.65 Å². The Morgan fingerprint density at radius 3 is 2.70 bits per heavy atom. The summed E-state index contributed by atoms with van der Waals surface area (Å²) >= 11 is 0. The topological polar surface area (TPSA) is 71.8 Å². The van der Waals surface area contributed by atoms with E-state index in [2.05, 4.69) is 47.6 Å². The number of anilines is 1. The first kappa shape index (κ1) is 23.1. The summed E-state index contributed by atoms with van der Waals surface area (Å²) in [6.45, 7) is 10.0. The van der Waals surface area contributed by atoms with Crippen LogP contribution in [0.1, 0.15) is 62.8 Å². The molecule has 1 amide bonds. The number of hydrogen-bond acceptors (Lipinski definition) is 5. The van der Waals surface area contributed by atoms with E-state index in [-0.39, 0.29) is 11.4 Å². The van der Waals surface area contributed by atoms with E-state index >= 15 is 0 Å². The van der Waals surface area contributed by atoms with Crippen LogP contribution in [-0.4, -0.2) is 50.9 Å². The van der Waals surface area contributed by atoms with E-state index in [0.29, 0.717) is 12.3 Å². The van der Waals surface area contributed by atoms with Crippen molar-refractivity contribution in [3.63, 3.8) is 0 Å². The Morgan fingerprint density at radius 1 is 1.24 bits per heavy atom. The van der Waals surface area contributed by atoms with Gasteiger partial charge in [-0.25, -0.2) is 4.98 Å². The van der Waals surface area contributed by atoms with Gasteiger partial charge in [-0.05, 0) is 64.2 Å². The Kier molecular flexibility index (Phi) is 6.58. The Hall–Kier alpha value is -3.09. The monoisotopic (exact) mass is 449 g/mol. The molecule has 1 N–H and O–H groups in total. The minimum absolute atomic E-state index is 0.0800. The third-order valence-electron chi connectivity index (χ3n) is 6.28. The highest BCUT2D eigenvalue weighted by Crippen LogP contribution is 2.34. The van der Waals surface area contributed by atoms with Gasteiger partial charge in [-0.15, -0.1) is 0 Å². The number of hydrogen-bond donors (Lipinski definition) is 1. The number of nitrogens with zero attached hydrogens (tertiary/aromatic N) is 4. The van der Waals surface area contributed by atoms with Crippen molar-refractivity contribution in [2.45, 2.75) is 64.8 Å². The molecule has 0 aliphatic carbocycles. The number of ether oxygens (including phenoxy) is 1. The molecule has 33 heavy (non-hydrogen) atoms. The molecule has 176 valence electrons. The molecule has 0 atom stereocenters. The molecule has 1 saturated heterocycles. The lowest BCUT2D eigenvalue weighted by molar-refractivity contribution is -0.132. The van der Waals surface area contributed by atoms with Crippen LogP contribution in [-0.2, 0) is 11.2 Å². The van der Waals surface area contributed by atoms with Gasteiger partial charge in [0.1, 0.15) is 11.6 Å². The van der Waals surface area contributed by atoms with Crippen molar-refractivity contribution >= 4 is 17.4 Å². The van der Waals surface area contributed by atoms with Crippen molar-refractivity contribution in [3.05, 3.63) is 53.6 Å². The van der Waals surface area contributed by atoms with Crippen LogP contribution in [0.4, 0.5) is 5.82 Å². The fraction of sp³-hybridized carbons (Fsp3) is 0.500. The lowest BCUT2D eigenvalue weighted by Gasteiger charge is -2.32. The molecule has 1 fully saturated rings. The first-order chi connectivity index (χ1) is 15.7. The predicted octanol–water partition coefficient (Wildman–Crippen LogP) is 4.60. The number of carbonyl (C=O) groups is 1. The molecule has 0 bridgehead atoms. The summed E-state index contributed by atoms with van der Waals surface area (Å²) in [5.74, 6) is 2.46. The van der Waals surface area contributed by atoms with Crippen LogP contribution >= 0.6 is 0 Å². The Morgan fingerprint density at radius 2 is 2.00 bits per heavy atom. The van der Waals surface area contributed by atoms with Gasteiger partial charge in [0.05, 0.1) is 19.0 Å². The molecule has 1 aliphatic heterocycles. The number of fused-ring (bicyclic) bond motifs is 1. The maximum absolute atomic E-state index is 12.9. The number of benzene rings is 1. The molecule has 2 aromatic heterocycles. The van der Waals surface area contributed by atoms with Crippen LogP contribution in [0.5, 0.6) is 5.75 Å². The molecular formula is C26H35N5O2. The quantitative estimate of drug-likeness (QED) is 0.596. The minimum Gasteiger partial charge on any atom is -0.496 e. The summed E-state index contributed by atoms with van der Waals surface area (Å²) < 4.78 is 7.50. The molecule has 0 saturated carbocycles. The van der Waals surface area contributed by atoms with Gasteiger partial charge in [0.25, 0.3) is 0 Å². The molecule has 0 spiro atoms. The van der Waals surface area contributed by atoms with Crippen LogP contribution in [0, 0.1) is 6.92 Å². The summed E-state index contributed by atoms with van der Waals surface area (Å²) in [6, 6.07) is 6.17. The van der Waals surface area contributed by atoms with E-state index in [9.17, 15) is 4.79 Å². The normalized spacial score (nSPS) is 15.1. The summed E-state index contributed by atoms with van der Waals surface area (Å²) in [5, 5.41) is 3.64. The molecule has 7 nitrogen and oxygen atoms in total. The SMILES string of the molecule is COc1cc(CCC(=O)N2CCC(c3nc4cnccn4c3NC(C)(C)C)CC2)ccc1C. The van der Waals surface area contributed by atoms with Crippen LogP contribution in [0.15, 0.2) is 36.8 Å². The fourth-order valence-electron chi connectivity index (χ4n) is 4.52. The minimum atomic E-state index is -0.0800. The summed E-state index contributed by atoms with van der Waals surface area (Å²) in [6.07, 6.45) is 8.63. The van der Waals surface area contributed by atoms with Crippen LogP contribution in [0.3, 0.4) is 0 Å². The second kappa shape index (κ2) is 9.41. The summed E-state index contributed by atoms with van der Waals surface area (Å²) in [5.41, 5.74) is 4.10. The Labute approximate surface area is 196 Å². The van der Waals surface area contributed by atoms with Crippen molar-refractivity contribution in [2.75, 3.05) is 25.5 Å². The zero-order chi connectivity index (χ0) is 23.6. The third kappa shape index (κ3) is 5.29. The number of nitrogens with one attached hydrogen (secondary N) is 1. The average Bonchev–Trinajstić information content (AvgIpc) is 3.15. The van der Waals surface area contributed by atoms with Crippen molar-refractivity contribution < 1.29 is 9.53 Å². The smallest absolute Gasteiger partial charge is 0.222 e. The van der Waals surface area contributed by atoms with E-state index in [1.165, 1.54) is 0 Å². The number of rotatable bonds is 6. The zero-order valence-corrected chi connectivity index (χ0v) is 20.4. The van der Waals surface area contributed by atoms with E-state index in [0.717, 1.165) is 66.4 Å². The highest BCUT2D eigenvalue weighted by atomic mass is 16.5. The molecular weight excluding hydrogens is 414 g/mol. The standard InChI is InChI=1S/C26H35N5O2/c1-18-6-7-19(16-21(18)33-5)8-9-23(32)30-13-10-20(11-14-30)24-25(29-26(2,3)4)31-15-12-27-17-22(31)28-24/h6-7,12,15-17,20,29H,8-11,13-14H2,1-5H3. The molecule has 3 aromatic rings. The number of likely N-dealkylation sites (tertiary alicyclic amines) is 1. The Balaban J connectivity index is 1.40. The maximum atomic E-state index is 12.9. The molecule has 0 unspecified atom stereocenters. The van der Waals surface area contributed by atoms with Gasteiger partial charge in [0, 0.05) is 43.4 Å². The van der Waals surface area contributed by atoms with E-state index in [1.54, 1.807) is 19.5 Å². The second-order valence-corrected chi connectivity index (χ2v) is 9.98.